The lowest BCUT2D eigenvalue weighted by Crippen LogP contribution is -2.41. The smallest absolute Gasteiger partial charge is 0.267 e. The van der Waals surface area contributed by atoms with Crippen molar-refractivity contribution in [2.24, 2.45) is 0 Å². The van der Waals surface area contributed by atoms with Gasteiger partial charge in [-0.3, -0.25) is 20.4 Å². The van der Waals surface area contributed by atoms with Crippen LogP contribution in [0.2, 0.25) is 0 Å². The van der Waals surface area contributed by atoms with Crippen molar-refractivity contribution in [3.05, 3.63) is 101 Å². The van der Waals surface area contributed by atoms with Crippen molar-refractivity contribution in [2.45, 2.75) is 6.54 Å². The van der Waals surface area contributed by atoms with Crippen LogP contribution in [-0.2, 0) is 6.54 Å². The zero-order valence-electron chi connectivity index (χ0n) is 16.2. The predicted molar refractivity (Wildman–Crippen MR) is 110 cm³/mol. The van der Waals surface area contributed by atoms with Crippen LogP contribution < -0.4 is 10.9 Å². The highest BCUT2D eigenvalue weighted by molar-refractivity contribution is 5.99. The first-order valence-corrected chi connectivity index (χ1v) is 9.37. The van der Waals surface area contributed by atoms with E-state index >= 15 is 0 Å². The van der Waals surface area contributed by atoms with E-state index in [1.807, 2.05) is 30.3 Å². The second kappa shape index (κ2) is 8.95. The van der Waals surface area contributed by atoms with Crippen molar-refractivity contribution >= 4 is 11.8 Å². The summed E-state index contributed by atoms with van der Waals surface area (Å²) in [6, 6.07) is 21.3. The zero-order valence-corrected chi connectivity index (χ0v) is 16.2. The number of hydrazine groups is 1. The summed E-state index contributed by atoms with van der Waals surface area (Å²) in [7, 11) is 0. The molecular weight excluding hydrogens is 399 g/mol. The lowest BCUT2D eigenvalue weighted by molar-refractivity contribution is 0.0846. The van der Waals surface area contributed by atoms with Crippen LogP contribution in [-0.4, -0.2) is 32.0 Å². The molecule has 0 aliphatic rings. The molecule has 8 nitrogen and oxygen atoms in total. The molecule has 0 spiro atoms. The van der Waals surface area contributed by atoms with Gasteiger partial charge in [0.05, 0.1) is 6.54 Å². The molecule has 2 N–H and O–H groups in total. The molecule has 1 aromatic heterocycles. The third kappa shape index (κ3) is 4.96. The normalized spacial score (nSPS) is 10.5. The van der Waals surface area contributed by atoms with Crippen molar-refractivity contribution in [2.75, 3.05) is 0 Å². The number of aromatic nitrogens is 4. The highest BCUT2D eigenvalue weighted by Crippen LogP contribution is 2.12. The number of nitrogens with zero attached hydrogens (tertiary/aromatic N) is 4. The van der Waals surface area contributed by atoms with Gasteiger partial charge >= 0.3 is 0 Å². The number of carbonyl (C=O) groups is 2. The van der Waals surface area contributed by atoms with Crippen LogP contribution in [0.4, 0.5) is 4.39 Å². The topological polar surface area (TPSA) is 102 Å². The van der Waals surface area contributed by atoms with Crippen LogP contribution in [0.25, 0.3) is 11.4 Å². The second-order valence-corrected chi connectivity index (χ2v) is 6.62. The predicted octanol–water partition coefficient (Wildman–Crippen LogP) is 2.60. The minimum Gasteiger partial charge on any atom is -0.267 e. The van der Waals surface area contributed by atoms with Crippen LogP contribution in [0.5, 0.6) is 0 Å². The largest absolute Gasteiger partial charge is 0.269 e. The summed E-state index contributed by atoms with van der Waals surface area (Å²) < 4.78 is 12.9. The highest BCUT2D eigenvalue weighted by Gasteiger charge is 2.10. The molecule has 3 aromatic carbocycles. The molecule has 2 amide bonds. The SMILES string of the molecule is O=C(NNC(=O)c1ccc(Cn2nnc(-c3ccccc3)n2)cc1)c1ccc(F)cc1. The van der Waals surface area contributed by atoms with E-state index in [0.717, 1.165) is 11.1 Å². The second-order valence-electron chi connectivity index (χ2n) is 6.62. The van der Waals surface area contributed by atoms with E-state index in [1.165, 1.54) is 29.1 Å². The minimum absolute atomic E-state index is 0.229. The summed E-state index contributed by atoms with van der Waals surface area (Å²) in [5, 5.41) is 12.5. The molecule has 1 heterocycles. The quantitative estimate of drug-likeness (QED) is 0.487. The summed E-state index contributed by atoms with van der Waals surface area (Å²) in [5.41, 5.74) is 6.97. The van der Waals surface area contributed by atoms with E-state index in [4.69, 9.17) is 0 Å². The van der Waals surface area contributed by atoms with Gasteiger partial charge in [-0.15, -0.1) is 10.2 Å². The number of amides is 2. The van der Waals surface area contributed by atoms with Gasteiger partial charge in [-0.1, -0.05) is 42.5 Å². The molecule has 4 rings (SSSR count). The first-order valence-electron chi connectivity index (χ1n) is 9.37. The summed E-state index contributed by atoms with van der Waals surface area (Å²) in [4.78, 5) is 25.7. The van der Waals surface area contributed by atoms with Gasteiger partial charge in [0.25, 0.3) is 11.8 Å². The van der Waals surface area contributed by atoms with Crippen LogP contribution in [0.1, 0.15) is 26.3 Å². The van der Waals surface area contributed by atoms with Gasteiger partial charge in [0, 0.05) is 16.7 Å². The third-order valence-corrected chi connectivity index (χ3v) is 4.42. The van der Waals surface area contributed by atoms with Crippen LogP contribution in [0, 0.1) is 5.82 Å². The summed E-state index contributed by atoms with van der Waals surface area (Å²) >= 11 is 0. The summed E-state index contributed by atoms with van der Waals surface area (Å²) in [6.45, 7) is 0.392. The number of hydrogen-bond acceptors (Lipinski definition) is 5. The molecule has 0 fully saturated rings. The van der Waals surface area contributed by atoms with Gasteiger partial charge in [-0.2, -0.15) is 4.80 Å². The number of halogens is 1. The van der Waals surface area contributed by atoms with Crippen LogP contribution >= 0.6 is 0 Å². The molecule has 31 heavy (non-hydrogen) atoms. The van der Waals surface area contributed by atoms with Crippen LogP contribution in [0.15, 0.2) is 78.9 Å². The van der Waals surface area contributed by atoms with Gasteiger partial charge in [-0.05, 0) is 47.2 Å². The molecule has 4 aromatic rings. The molecule has 0 aliphatic heterocycles. The van der Waals surface area contributed by atoms with Crippen LogP contribution in [0.3, 0.4) is 0 Å². The lowest BCUT2D eigenvalue weighted by Gasteiger charge is -2.08. The van der Waals surface area contributed by atoms with Crippen molar-refractivity contribution < 1.29 is 14.0 Å². The molecule has 9 heteroatoms. The van der Waals surface area contributed by atoms with Crippen molar-refractivity contribution in [1.29, 1.82) is 0 Å². The van der Waals surface area contributed by atoms with Crippen molar-refractivity contribution in [1.82, 2.24) is 31.1 Å². The molecule has 0 saturated carbocycles. The molecule has 0 saturated heterocycles. The number of hydrogen-bond donors (Lipinski definition) is 2. The molecule has 0 unspecified atom stereocenters. The minimum atomic E-state index is -0.545. The molecule has 0 bridgehead atoms. The first-order chi connectivity index (χ1) is 15.1. The monoisotopic (exact) mass is 416 g/mol. The Balaban J connectivity index is 1.33. The summed E-state index contributed by atoms with van der Waals surface area (Å²) in [5.74, 6) is -0.935. The maximum Gasteiger partial charge on any atom is 0.269 e. The molecular formula is C22H17FN6O2. The third-order valence-electron chi connectivity index (χ3n) is 4.42. The van der Waals surface area contributed by atoms with E-state index in [2.05, 4.69) is 26.3 Å². The number of nitrogens with one attached hydrogen (secondary N) is 2. The molecule has 0 radical (unpaired) electrons. The van der Waals surface area contributed by atoms with E-state index in [9.17, 15) is 14.0 Å². The molecule has 0 atom stereocenters. The average molecular weight is 416 g/mol. The van der Waals surface area contributed by atoms with Crippen molar-refractivity contribution in [3.8, 4) is 11.4 Å². The van der Waals surface area contributed by atoms with Gasteiger partial charge < -0.3 is 0 Å². The fraction of sp³-hybridized carbons (Fsp3) is 0.0455. The molecule has 154 valence electrons. The fourth-order valence-corrected chi connectivity index (χ4v) is 2.80. The Morgan fingerprint density at radius 2 is 1.39 bits per heavy atom. The maximum absolute atomic E-state index is 12.9. The van der Waals surface area contributed by atoms with E-state index < -0.39 is 17.6 Å². The lowest BCUT2D eigenvalue weighted by atomic mass is 10.1. The Labute approximate surface area is 176 Å². The fourth-order valence-electron chi connectivity index (χ4n) is 2.80. The standard InChI is InChI=1S/C22H17FN6O2/c23-19-12-10-18(11-13-19)22(31)26-25-21(30)17-8-6-15(7-9-17)14-29-27-20(24-28-29)16-4-2-1-3-5-16/h1-13H,14H2,(H,25,30)(H,26,31). The summed E-state index contributed by atoms with van der Waals surface area (Å²) in [6.07, 6.45) is 0. The Morgan fingerprint density at radius 1 is 0.806 bits per heavy atom. The maximum atomic E-state index is 12.9. The Bertz CT molecular complexity index is 1190. The number of carbonyl (C=O) groups excluding carboxylic acids is 2. The van der Waals surface area contributed by atoms with Crippen molar-refractivity contribution in [3.63, 3.8) is 0 Å². The van der Waals surface area contributed by atoms with Gasteiger partial charge in [0.2, 0.25) is 5.82 Å². The number of tetrazole rings is 1. The average Bonchev–Trinajstić information content (AvgIpc) is 3.27. The Morgan fingerprint density at radius 3 is 2.00 bits per heavy atom. The van der Waals surface area contributed by atoms with Gasteiger partial charge in [0.1, 0.15) is 5.82 Å². The van der Waals surface area contributed by atoms with Gasteiger partial charge in [-0.25, -0.2) is 4.39 Å². The first kappa shape index (κ1) is 19.9. The van der Waals surface area contributed by atoms with E-state index in [-0.39, 0.29) is 5.56 Å². The Kier molecular flexibility index (Phi) is 5.75. The van der Waals surface area contributed by atoms with E-state index in [1.54, 1.807) is 24.3 Å². The number of benzene rings is 3. The van der Waals surface area contributed by atoms with Gasteiger partial charge in [0.15, 0.2) is 0 Å². The van der Waals surface area contributed by atoms with E-state index in [0.29, 0.717) is 17.9 Å². The Hall–Kier alpha value is -4.40. The zero-order chi connectivity index (χ0) is 21.6. The molecule has 0 aliphatic carbocycles. The highest BCUT2D eigenvalue weighted by atomic mass is 19.1. The number of rotatable bonds is 5.